The molecule has 0 aromatic heterocycles. The molecule has 0 aliphatic heterocycles. The molecule has 0 radical (unpaired) electrons. The second-order valence-electron chi connectivity index (χ2n) is 8.25. The number of benzene rings is 2. The highest BCUT2D eigenvalue weighted by atomic mass is 35.5. The van der Waals surface area contributed by atoms with Crippen LogP contribution in [0, 0.1) is 0 Å². The van der Waals surface area contributed by atoms with Crippen molar-refractivity contribution in [3.63, 3.8) is 0 Å². The number of hydrogen-bond donors (Lipinski definition) is 0. The summed E-state index contributed by atoms with van der Waals surface area (Å²) < 4.78 is 16.1. The quantitative estimate of drug-likeness (QED) is 0.113. The van der Waals surface area contributed by atoms with Gasteiger partial charge in [0.2, 0.25) is 0 Å². The van der Waals surface area contributed by atoms with Crippen LogP contribution in [-0.2, 0) is 31.9 Å². The molecule has 36 heavy (non-hydrogen) atoms. The van der Waals surface area contributed by atoms with Gasteiger partial charge in [0.1, 0.15) is 5.75 Å². The molecular weight excluding hydrogens is 519 g/mol. The van der Waals surface area contributed by atoms with Crippen LogP contribution in [0.3, 0.4) is 0 Å². The molecule has 0 N–H and O–H groups in total. The normalized spacial score (nSPS) is 10.8. The first-order chi connectivity index (χ1) is 17.4. The van der Waals surface area contributed by atoms with E-state index in [0.29, 0.717) is 48.5 Å². The van der Waals surface area contributed by atoms with Crippen LogP contribution in [0.5, 0.6) is 5.75 Å². The van der Waals surface area contributed by atoms with E-state index in [1.807, 2.05) is 24.3 Å². The minimum Gasteiger partial charge on any atom is -0.493 e. The van der Waals surface area contributed by atoms with Crippen LogP contribution < -0.4 is 4.74 Å². The first-order valence-corrected chi connectivity index (χ1v) is 14.3. The first-order valence-electron chi connectivity index (χ1n) is 12.6. The Morgan fingerprint density at radius 3 is 2.28 bits per heavy atom. The Hall–Kier alpha value is -1.89. The Morgan fingerprint density at radius 1 is 0.861 bits per heavy atom. The molecule has 0 spiro atoms. The zero-order chi connectivity index (χ0) is 26.2. The van der Waals surface area contributed by atoms with E-state index in [9.17, 15) is 9.59 Å². The Morgan fingerprint density at radius 2 is 1.56 bits per heavy atom. The zero-order valence-electron chi connectivity index (χ0n) is 21.2. The molecular formula is C28H36Cl2O5S. The van der Waals surface area contributed by atoms with Gasteiger partial charge in [0.15, 0.2) is 0 Å². The van der Waals surface area contributed by atoms with Crippen LogP contribution in [0.1, 0.15) is 63.5 Å². The third-order valence-electron chi connectivity index (χ3n) is 5.39. The van der Waals surface area contributed by atoms with Crippen LogP contribution in [-0.4, -0.2) is 37.5 Å². The minimum atomic E-state index is -0.264. The molecule has 0 atom stereocenters. The van der Waals surface area contributed by atoms with E-state index in [1.165, 1.54) is 0 Å². The molecule has 2 aromatic rings. The second-order valence-corrected chi connectivity index (χ2v) is 10.3. The summed E-state index contributed by atoms with van der Waals surface area (Å²) in [6.45, 7) is 4.69. The number of aryl methyl sites for hydroxylation is 1. The predicted molar refractivity (Wildman–Crippen MR) is 147 cm³/mol. The van der Waals surface area contributed by atoms with Gasteiger partial charge in [-0.2, -0.15) is 0 Å². The SMILES string of the molecule is CCOC(=O)CCCOc1cccc(CCCCCCSc2cc(Cl)cc(Cl)c2)c1CC(=O)OCC. The maximum absolute atomic E-state index is 12.3. The van der Waals surface area contributed by atoms with Gasteiger partial charge in [-0.25, -0.2) is 0 Å². The molecule has 0 bridgehead atoms. The van der Waals surface area contributed by atoms with Crippen molar-refractivity contribution in [2.45, 2.75) is 70.1 Å². The number of thioether (sulfide) groups is 1. The lowest BCUT2D eigenvalue weighted by atomic mass is 9.98. The Bertz CT molecular complexity index is 947. The van der Waals surface area contributed by atoms with Gasteiger partial charge < -0.3 is 14.2 Å². The van der Waals surface area contributed by atoms with Gasteiger partial charge in [-0.05, 0) is 75.1 Å². The molecule has 2 rings (SSSR count). The van der Waals surface area contributed by atoms with Crippen molar-refractivity contribution in [2.75, 3.05) is 25.6 Å². The molecule has 8 heteroatoms. The summed E-state index contributed by atoms with van der Waals surface area (Å²) in [7, 11) is 0. The number of halogens is 2. The number of rotatable bonds is 17. The van der Waals surface area contributed by atoms with E-state index < -0.39 is 0 Å². The summed E-state index contributed by atoms with van der Waals surface area (Å²) in [6.07, 6.45) is 6.26. The number of carbonyl (C=O) groups is 2. The highest BCUT2D eigenvalue weighted by Gasteiger charge is 2.15. The van der Waals surface area contributed by atoms with E-state index in [-0.39, 0.29) is 18.4 Å². The maximum atomic E-state index is 12.3. The van der Waals surface area contributed by atoms with Gasteiger partial charge in [0.05, 0.1) is 26.2 Å². The van der Waals surface area contributed by atoms with Crippen molar-refractivity contribution in [3.8, 4) is 5.75 Å². The molecule has 0 aliphatic rings. The molecule has 0 fully saturated rings. The third-order valence-corrected chi connectivity index (χ3v) is 6.89. The van der Waals surface area contributed by atoms with Crippen molar-refractivity contribution in [2.24, 2.45) is 0 Å². The fraction of sp³-hybridized carbons (Fsp3) is 0.500. The van der Waals surface area contributed by atoms with Gasteiger partial charge in [-0.3, -0.25) is 9.59 Å². The van der Waals surface area contributed by atoms with Crippen LogP contribution >= 0.6 is 35.0 Å². The van der Waals surface area contributed by atoms with Crippen molar-refractivity contribution in [3.05, 3.63) is 57.6 Å². The number of ether oxygens (including phenoxy) is 3. The summed E-state index contributed by atoms with van der Waals surface area (Å²) >= 11 is 13.9. The summed E-state index contributed by atoms with van der Waals surface area (Å²) in [5.74, 6) is 1.21. The summed E-state index contributed by atoms with van der Waals surface area (Å²) in [6, 6.07) is 11.5. The highest BCUT2D eigenvalue weighted by molar-refractivity contribution is 7.99. The van der Waals surface area contributed by atoms with Crippen molar-refractivity contribution in [1.82, 2.24) is 0 Å². The lowest BCUT2D eigenvalue weighted by Gasteiger charge is -2.15. The van der Waals surface area contributed by atoms with Gasteiger partial charge in [0, 0.05) is 26.9 Å². The van der Waals surface area contributed by atoms with E-state index in [2.05, 4.69) is 6.07 Å². The summed E-state index contributed by atoms with van der Waals surface area (Å²) in [4.78, 5) is 24.9. The Balaban J connectivity index is 1.84. The Kier molecular flexibility index (Phi) is 14.8. The van der Waals surface area contributed by atoms with E-state index >= 15 is 0 Å². The topological polar surface area (TPSA) is 61.8 Å². The molecule has 198 valence electrons. The first kappa shape index (κ1) is 30.3. The number of esters is 2. The van der Waals surface area contributed by atoms with Crippen LogP contribution in [0.4, 0.5) is 0 Å². The van der Waals surface area contributed by atoms with Crippen molar-refractivity contribution in [1.29, 1.82) is 0 Å². The van der Waals surface area contributed by atoms with Gasteiger partial charge in [-0.15, -0.1) is 11.8 Å². The largest absolute Gasteiger partial charge is 0.493 e. The number of hydrogen-bond acceptors (Lipinski definition) is 6. The summed E-state index contributed by atoms with van der Waals surface area (Å²) in [5, 5.41) is 1.32. The molecule has 0 saturated heterocycles. The van der Waals surface area contributed by atoms with Gasteiger partial charge in [-0.1, -0.05) is 48.2 Å². The highest BCUT2D eigenvalue weighted by Crippen LogP contribution is 2.28. The van der Waals surface area contributed by atoms with Crippen LogP contribution in [0.2, 0.25) is 10.0 Å². The van der Waals surface area contributed by atoms with Crippen molar-refractivity contribution < 1.29 is 23.8 Å². The number of unbranched alkanes of at least 4 members (excludes halogenated alkanes) is 3. The smallest absolute Gasteiger partial charge is 0.310 e. The molecule has 0 amide bonds. The van der Waals surface area contributed by atoms with E-state index in [1.54, 1.807) is 31.7 Å². The second kappa shape index (κ2) is 17.5. The zero-order valence-corrected chi connectivity index (χ0v) is 23.5. The molecule has 5 nitrogen and oxygen atoms in total. The number of carbonyl (C=O) groups excluding carboxylic acids is 2. The van der Waals surface area contributed by atoms with E-state index in [0.717, 1.165) is 53.9 Å². The molecule has 0 saturated carbocycles. The average molecular weight is 556 g/mol. The maximum Gasteiger partial charge on any atom is 0.310 e. The van der Waals surface area contributed by atoms with Crippen LogP contribution in [0.15, 0.2) is 41.3 Å². The molecule has 0 unspecified atom stereocenters. The van der Waals surface area contributed by atoms with Crippen molar-refractivity contribution >= 4 is 46.9 Å². The Labute approximate surface area is 229 Å². The van der Waals surface area contributed by atoms with E-state index in [4.69, 9.17) is 37.4 Å². The third kappa shape index (κ3) is 11.9. The molecule has 0 heterocycles. The lowest BCUT2D eigenvalue weighted by Crippen LogP contribution is -2.12. The molecule has 2 aromatic carbocycles. The monoisotopic (exact) mass is 554 g/mol. The fourth-order valence-electron chi connectivity index (χ4n) is 3.74. The van der Waals surface area contributed by atoms with Gasteiger partial charge >= 0.3 is 11.9 Å². The van der Waals surface area contributed by atoms with Crippen LogP contribution in [0.25, 0.3) is 0 Å². The average Bonchev–Trinajstić information content (AvgIpc) is 2.82. The fourth-order valence-corrected chi connectivity index (χ4v) is 5.40. The standard InChI is InChI=1S/C28H36Cl2O5S/c1-3-33-27(31)14-10-15-35-26-13-9-12-21(25(26)20-28(32)34-4-2)11-7-5-6-8-16-36-24-18-22(29)17-23(30)19-24/h9,12-13,17-19H,3-8,10-11,14-16,20H2,1-2H3. The molecule has 0 aliphatic carbocycles. The minimum absolute atomic E-state index is 0.177. The summed E-state index contributed by atoms with van der Waals surface area (Å²) in [5.41, 5.74) is 1.98. The predicted octanol–water partition coefficient (Wildman–Crippen LogP) is 7.72. The lowest BCUT2D eigenvalue weighted by molar-refractivity contribution is -0.143. The van der Waals surface area contributed by atoms with Gasteiger partial charge in [0.25, 0.3) is 0 Å².